The summed E-state index contributed by atoms with van der Waals surface area (Å²) in [5.41, 5.74) is -1.96. The number of aliphatic hydroxyl groups excluding tert-OH is 1. The molecule has 1 aromatic carbocycles. The van der Waals surface area contributed by atoms with Gasteiger partial charge in [0.1, 0.15) is 17.7 Å². The number of hydrogen-bond acceptors (Lipinski definition) is 5. The Morgan fingerprint density at radius 2 is 2.07 bits per heavy atom. The normalized spacial score (nSPS) is 27.7. The van der Waals surface area contributed by atoms with E-state index in [1.165, 1.54) is 0 Å². The number of carbonyl (C=O) groups excluding carboxylic acids is 1. The number of aliphatic hydroxyl groups is 1. The molecule has 2 saturated heterocycles. The van der Waals surface area contributed by atoms with Gasteiger partial charge in [0.25, 0.3) is 5.91 Å². The molecule has 1 amide bonds. The van der Waals surface area contributed by atoms with E-state index in [0.29, 0.717) is 38.5 Å². The SMILES string of the molecule is COCCN1CCC2(CC1)OCC[C@](C)(NC(=O)c1ccc(F)cc1F)[C@H]2O. The van der Waals surface area contributed by atoms with Crippen LogP contribution in [-0.2, 0) is 9.47 Å². The Morgan fingerprint density at radius 3 is 2.71 bits per heavy atom. The van der Waals surface area contributed by atoms with Crippen molar-refractivity contribution < 1.29 is 28.2 Å². The van der Waals surface area contributed by atoms with Gasteiger partial charge in [0.05, 0.1) is 23.3 Å². The summed E-state index contributed by atoms with van der Waals surface area (Å²) in [6.45, 7) is 5.12. The molecule has 8 heteroatoms. The predicted molar refractivity (Wildman–Crippen MR) is 99.1 cm³/mol. The monoisotopic (exact) mass is 398 g/mol. The summed E-state index contributed by atoms with van der Waals surface area (Å²) in [6.07, 6.45) is 0.728. The molecule has 0 unspecified atom stereocenters. The first-order valence-electron chi connectivity index (χ1n) is 9.60. The Hall–Kier alpha value is -1.61. The summed E-state index contributed by atoms with van der Waals surface area (Å²) in [7, 11) is 1.66. The Labute approximate surface area is 163 Å². The first-order valence-corrected chi connectivity index (χ1v) is 9.60. The van der Waals surface area contributed by atoms with E-state index in [4.69, 9.17) is 9.47 Å². The summed E-state index contributed by atoms with van der Waals surface area (Å²) in [6, 6.07) is 2.83. The van der Waals surface area contributed by atoms with Crippen LogP contribution in [0.25, 0.3) is 0 Å². The Balaban J connectivity index is 1.70. The first-order chi connectivity index (χ1) is 13.3. The van der Waals surface area contributed by atoms with Crippen molar-refractivity contribution in [3.05, 3.63) is 35.4 Å². The molecule has 2 aliphatic heterocycles. The molecule has 1 spiro atoms. The van der Waals surface area contributed by atoms with E-state index in [0.717, 1.165) is 31.8 Å². The van der Waals surface area contributed by atoms with E-state index in [1.807, 2.05) is 0 Å². The highest BCUT2D eigenvalue weighted by atomic mass is 19.1. The average Bonchev–Trinajstić information content (AvgIpc) is 2.65. The Kier molecular flexibility index (Phi) is 6.34. The lowest BCUT2D eigenvalue weighted by atomic mass is 9.73. The van der Waals surface area contributed by atoms with Gasteiger partial charge >= 0.3 is 0 Å². The summed E-state index contributed by atoms with van der Waals surface area (Å²) < 4.78 is 38.2. The van der Waals surface area contributed by atoms with Crippen LogP contribution in [0.5, 0.6) is 0 Å². The number of carbonyl (C=O) groups is 1. The highest BCUT2D eigenvalue weighted by Gasteiger charge is 2.53. The van der Waals surface area contributed by atoms with Gasteiger partial charge in [-0.1, -0.05) is 0 Å². The molecule has 2 heterocycles. The van der Waals surface area contributed by atoms with Crippen molar-refractivity contribution >= 4 is 5.91 Å². The average molecular weight is 398 g/mol. The number of methoxy groups -OCH3 is 1. The molecule has 28 heavy (non-hydrogen) atoms. The van der Waals surface area contributed by atoms with E-state index in [1.54, 1.807) is 14.0 Å². The molecule has 6 nitrogen and oxygen atoms in total. The third-order valence-corrected chi connectivity index (χ3v) is 6.00. The number of piperidine rings is 1. The van der Waals surface area contributed by atoms with E-state index >= 15 is 0 Å². The fraction of sp³-hybridized carbons (Fsp3) is 0.650. The molecule has 0 aromatic heterocycles. The molecule has 1 aromatic rings. The molecule has 2 fully saturated rings. The number of hydrogen-bond donors (Lipinski definition) is 2. The molecule has 2 N–H and O–H groups in total. The molecule has 0 radical (unpaired) electrons. The van der Waals surface area contributed by atoms with Crippen LogP contribution in [0.15, 0.2) is 18.2 Å². The van der Waals surface area contributed by atoms with Crippen molar-refractivity contribution in [1.82, 2.24) is 10.2 Å². The Morgan fingerprint density at radius 1 is 1.36 bits per heavy atom. The van der Waals surface area contributed by atoms with Crippen LogP contribution in [0.2, 0.25) is 0 Å². The van der Waals surface area contributed by atoms with Crippen LogP contribution in [0.1, 0.15) is 36.5 Å². The molecule has 0 aliphatic carbocycles. The quantitative estimate of drug-likeness (QED) is 0.790. The van der Waals surface area contributed by atoms with E-state index in [2.05, 4.69) is 10.2 Å². The number of nitrogens with zero attached hydrogens (tertiary/aromatic N) is 1. The second-order valence-electron chi connectivity index (χ2n) is 7.90. The van der Waals surface area contributed by atoms with Crippen LogP contribution in [0.3, 0.4) is 0 Å². The lowest BCUT2D eigenvalue weighted by Crippen LogP contribution is -2.69. The smallest absolute Gasteiger partial charge is 0.254 e. The molecular formula is C20H28F2N2O4. The third-order valence-electron chi connectivity index (χ3n) is 6.00. The molecule has 2 atom stereocenters. The third kappa shape index (κ3) is 4.20. The van der Waals surface area contributed by atoms with Crippen molar-refractivity contribution in [3.63, 3.8) is 0 Å². The minimum Gasteiger partial charge on any atom is -0.388 e. The van der Waals surface area contributed by atoms with E-state index < -0.39 is 34.8 Å². The standard InChI is InChI=1S/C20H28F2N2O4/c1-19(23-17(25)15-4-3-14(21)13-16(15)22)7-11-28-20(18(19)26)5-8-24(9-6-20)10-12-27-2/h3-4,13,18,26H,5-12H2,1-2H3,(H,23,25)/t18-,19+/m1/s1. The van der Waals surface area contributed by atoms with Gasteiger partial charge in [0.2, 0.25) is 0 Å². The van der Waals surface area contributed by atoms with Crippen molar-refractivity contribution in [3.8, 4) is 0 Å². The van der Waals surface area contributed by atoms with Crippen LogP contribution >= 0.6 is 0 Å². The second kappa shape index (κ2) is 8.41. The zero-order valence-electron chi connectivity index (χ0n) is 16.3. The lowest BCUT2D eigenvalue weighted by molar-refractivity contribution is -0.205. The molecule has 0 bridgehead atoms. The van der Waals surface area contributed by atoms with Crippen molar-refractivity contribution in [2.75, 3.05) is 40.0 Å². The highest BCUT2D eigenvalue weighted by molar-refractivity contribution is 5.95. The van der Waals surface area contributed by atoms with Gasteiger partial charge in [-0.3, -0.25) is 4.79 Å². The van der Waals surface area contributed by atoms with Gasteiger partial charge in [-0.15, -0.1) is 0 Å². The minimum absolute atomic E-state index is 0.246. The van der Waals surface area contributed by atoms with Gasteiger partial charge in [-0.2, -0.15) is 0 Å². The van der Waals surface area contributed by atoms with Gasteiger partial charge < -0.3 is 24.8 Å². The number of nitrogens with one attached hydrogen (secondary N) is 1. The summed E-state index contributed by atoms with van der Waals surface area (Å²) >= 11 is 0. The van der Waals surface area contributed by atoms with Crippen LogP contribution in [0.4, 0.5) is 8.78 Å². The first kappa shape index (κ1) is 21.1. The largest absolute Gasteiger partial charge is 0.388 e. The number of likely N-dealkylation sites (tertiary alicyclic amines) is 1. The Bertz CT molecular complexity index is 709. The van der Waals surface area contributed by atoms with E-state index in [9.17, 15) is 18.7 Å². The molecule has 0 saturated carbocycles. The fourth-order valence-electron chi connectivity index (χ4n) is 4.19. The van der Waals surface area contributed by atoms with E-state index in [-0.39, 0.29) is 5.56 Å². The number of rotatable bonds is 5. The zero-order chi connectivity index (χ0) is 20.4. The van der Waals surface area contributed by atoms with Gasteiger partial charge in [-0.05, 0) is 38.3 Å². The lowest BCUT2D eigenvalue weighted by Gasteiger charge is -2.53. The summed E-state index contributed by atoms with van der Waals surface area (Å²) in [5, 5.41) is 13.9. The minimum atomic E-state index is -0.967. The van der Waals surface area contributed by atoms with Gasteiger partial charge in [-0.25, -0.2) is 8.78 Å². The summed E-state index contributed by atoms with van der Waals surface area (Å²) in [5.74, 6) is -2.34. The molecule has 2 aliphatic rings. The molecule has 156 valence electrons. The fourth-order valence-corrected chi connectivity index (χ4v) is 4.19. The topological polar surface area (TPSA) is 71.0 Å². The van der Waals surface area contributed by atoms with Crippen LogP contribution in [0, 0.1) is 11.6 Å². The second-order valence-corrected chi connectivity index (χ2v) is 7.90. The number of ether oxygens (including phenoxy) is 2. The van der Waals surface area contributed by atoms with Gasteiger partial charge in [0, 0.05) is 39.4 Å². The van der Waals surface area contributed by atoms with Crippen molar-refractivity contribution in [1.29, 1.82) is 0 Å². The van der Waals surface area contributed by atoms with Crippen LogP contribution in [-0.4, -0.2) is 73.1 Å². The maximum Gasteiger partial charge on any atom is 0.254 e. The maximum absolute atomic E-state index is 14.0. The predicted octanol–water partition coefficient (Wildman–Crippen LogP) is 1.72. The number of halogens is 2. The van der Waals surface area contributed by atoms with Crippen LogP contribution < -0.4 is 5.32 Å². The maximum atomic E-state index is 14.0. The number of benzene rings is 1. The molecular weight excluding hydrogens is 370 g/mol. The summed E-state index contributed by atoms with van der Waals surface area (Å²) in [4.78, 5) is 14.8. The zero-order valence-corrected chi connectivity index (χ0v) is 16.3. The van der Waals surface area contributed by atoms with Crippen molar-refractivity contribution in [2.45, 2.75) is 43.4 Å². The van der Waals surface area contributed by atoms with Crippen molar-refractivity contribution in [2.24, 2.45) is 0 Å². The van der Waals surface area contributed by atoms with Gasteiger partial charge in [0.15, 0.2) is 0 Å². The highest BCUT2D eigenvalue weighted by Crippen LogP contribution is 2.40. The number of amides is 1. The molecule has 3 rings (SSSR count).